The van der Waals surface area contributed by atoms with E-state index >= 15 is 0 Å². The van der Waals surface area contributed by atoms with Gasteiger partial charge in [-0.1, -0.05) is 65.7 Å². The first-order valence-electron chi connectivity index (χ1n) is 7.32. The van der Waals surface area contributed by atoms with E-state index in [0.29, 0.717) is 18.5 Å². The van der Waals surface area contributed by atoms with Gasteiger partial charge in [0.2, 0.25) is 0 Å². The molecule has 1 amide bonds. The second-order valence-electron chi connectivity index (χ2n) is 4.96. The summed E-state index contributed by atoms with van der Waals surface area (Å²) in [4.78, 5) is 11.6. The summed E-state index contributed by atoms with van der Waals surface area (Å²) in [7, 11) is 0. The van der Waals surface area contributed by atoms with E-state index < -0.39 is 11.9 Å². The molecule has 0 atom stereocenters. The van der Waals surface area contributed by atoms with Crippen molar-refractivity contribution < 1.29 is 13.9 Å². The quantitative estimate of drug-likeness (QED) is 0.688. The molecular formula is C18H16Cl2FNO2. The molecule has 1 N–H and O–H groups in total. The molecule has 0 unspecified atom stereocenters. The summed E-state index contributed by atoms with van der Waals surface area (Å²) in [5.41, 5.74) is 1.47. The third-order valence-electron chi connectivity index (χ3n) is 3.12. The van der Waals surface area contributed by atoms with Gasteiger partial charge in [-0.25, -0.2) is 9.18 Å². The van der Waals surface area contributed by atoms with Gasteiger partial charge in [0.1, 0.15) is 12.4 Å². The van der Waals surface area contributed by atoms with Gasteiger partial charge in [-0.2, -0.15) is 0 Å². The Morgan fingerprint density at radius 1 is 1.17 bits per heavy atom. The van der Waals surface area contributed by atoms with Crippen LogP contribution in [-0.2, 0) is 11.3 Å². The lowest BCUT2D eigenvalue weighted by Crippen LogP contribution is -2.24. The molecule has 24 heavy (non-hydrogen) atoms. The van der Waals surface area contributed by atoms with Crippen LogP contribution < -0.4 is 5.32 Å². The van der Waals surface area contributed by atoms with Crippen molar-refractivity contribution in [1.29, 1.82) is 0 Å². The van der Waals surface area contributed by atoms with Gasteiger partial charge in [-0.05, 0) is 24.1 Å². The number of hydrogen-bond acceptors (Lipinski definition) is 2. The molecule has 3 nitrogen and oxygen atoms in total. The van der Waals surface area contributed by atoms with E-state index in [1.165, 1.54) is 12.1 Å². The van der Waals surface area contributed by atoms with Crippen LogP contribution in [0.5, 0.6) is 0 Å². The van der Waals surface area contributed by atoms with Crippen molar-refractivity contribution in [3.05, 3.63) is 75.5 Å². The first kappa shape index (κ1) is 18.3. The highest BCUT2D eigenvalue weighted by Crippen LogP contribution is 2.27. The minimum atomic E-state index is -0.482. The van der Waals surface area contributed by atoms with Gasteiger partial charge < -0.3 is 10.1 Å². The van der Waals surface area contributed by atoms with Crippen LogP contribution in [0.2, 0.25) is 10.0 Å². The minimum Gasteiger partial charge on any atom is -0.445 e. The predicted molar refractivity (Wildman–Crippen MR) is 94.7 cm³/mol. The lowest BCUT2D eigenvalue weighted by Gasteiger charge is -2.06. The first-order valence-corrected chi connectivity index (χ1v) is 8.07. The predicted octanol–water partition coefficient (Wildman–Crippen LogP) is 5.46. The first-order chi connectivity index (χ1) is 11.6. The highest BCUT2D eigenvalue weighted by atomic mass is 35.5. The van der Waals surface area contributed by atoms with Gasteiger partial charge >= 0.3 is 6.09 Å². The van der Waals surface area contributed by atoms with Crippen molar-refractivity contribution in [2.24, 2.45) is 0 Å². The third-order valence-corrected chi connectivity index (χ3v) is 3.75. The molecule has 0 saturated carbocycles. The molecule has 2 aromatic carbocycles. The molecule has 126 valence electrons. The van der Waals surface area contributed by atoms with Gasteiger partial charge in [-0.15, -0.1) is 0 Å². The van der Waals surface area contributed by atoms with Gasteiger partial charge in [0.05, 0.1) is 10.0 Å². The Bertz CT molecular complexity index is 697. The number of benzene rings is 2. The molecule has 0 aliphatic carbocycles. The van der Waals surface area contributed by atoms with Crippen LogP contribution in [0.3, 0.4) is 0 Å². The standard InChI is InChI=1S/C18H16Cl2FNO2/c19-16-10-14(21)11-17(20)15(16)8-4-5-9-22-18(23)24-12-13-6-2-1-3-7-13/h1-4,6-8,10-11H,5,9,12H2,(H,22,23). The van der Waals surface area contributed by atoms with Crippen molar-refractivity contribution >= 4 is 35.4 Å². The maximum absolute atomic E-state index is 13.1. The number of rotatable bonds is 6. The normalized spacial score (nSPS) is 10.8. The van der Waals surface area contributed by atoms with E-state index in [1.54, 1.807) is 12.2 Å². The zero-order valence-corrected chi connectivity index (χ0v) is 14.3. The zero-order chi connectivity index (χ0) is 17.4. The molecule has 2 rings (SSSR count). The fraction of sp³-hybridized carbons (Fsp3) is 0.167. The number of hydrogen-bond donors (Lipinski definition) is 1. The van der Waals surface area contributed by atoms with Crippen LogP contribution in [0.4, 0.5) is 9.18 Å². The van der Waals surface area contributed by atoms with Crippen LogP contribution in [0.25, 0.3) is 6.08 Å². The summed E-state index contributed by atoms with van der Waals surface area (Å²) >= 11 is 11.9. The summed E-state index contributed by atoms with van der Waals surface area (Å²) in [6, 6.07) is 11.8. The molecular weight excluding hydrogens is 352 g/mol. The second-order valence-corrected chi connectivity index (χ2v) is 5.78. The molecule has 0 aromatic heterocycles. The Morgan fingerprint density at radius 3 is 2.50 bits per heavy atom. The van der Waals surface area contributed by atoms with Crippen LogP contribution in [-0.4, -0.2) is 12.6 Å². The summed E-state index contributed by atoms with van der Waals surface area (Å²) in [5, 5.41) is 3.12. The fourth-order valence-corrected chi connectivity index (χ4v) is 2.53. The maximum atomic E-state index is 13.1. The molecule has 0 saturated heterocycles. The molecule has 2 aromatic rings. The van der Waals surface area contributed by atoms with Gasteiger partial charge in [0.15, 0.2) is 0 Å². The smallest absolute Gasteiger partial charge is 0.407 e. The topological polar surface area (TPSA) is 38.3 Å². The van der Waals surface area contributed by atoms with Crippen molar-refractivity contribution in [1.82, 2.24) is 5.32 Å². The van der Waals surface area contributed by atoms with E-state index in [2.05, 4.69) is 5.32 Å². The van der Waals surface area contributed by atoms with Gasteiger partial charge in [0.25, 0.3) is 0 Å². The number of halogens is 3. The van der Waals surface area contributed by atoms with Gasteiger partial charge in [-0.3, -0.25) is 0 Å². The summed E-state index contributed by atoms with van der Waals surface area (Å²) in [6.07, 6.45) is 3.57. The van der Waals surface area contributed by atoms with Crippen LogP contribution in [0.1, 0.15) is 17.5 Å². The summed E-state index contributed by atoms with van der Waals surface area (Å²) in [5.74, 6) is -0.482. The Hall–Kier alpha value is -2.04. The average molecular weight is 368 g/mol. The van der Waals surface area contributed by atoms with Crippen molar-refractivity contribution in [3.63, 3.8) is 0 Å². The van der Waals surface area contributed by atoms with E-state index in [0.717, 1.165) is 5.56 Å². The third kappa shape index (κ3) is 5.87. The second kappa shape index (κ2) is 9.30. The Kier molecular flexibility index (Phi) is 7.09. The monoisotopic (exact) mass is 367 g/mol. The van der Waals surface area contributed by atoms with Crippen LogP contribution in [0, 0.1) is 5.82 Å². The lowest BCUT2D eigenvalue weighted by molar-refractivity contribution is 0.140. The SMILES string of the molecule is O=C(NCCC=Cc1c(Cl)cc(F)cc1Cl)OCc1ccccc1. The fourth-order valence-electron chi connectivity index (χ4n) is 1.95. The molecule has 0 fully saturated rings. The molecule has 0 aliphatic heterocycles. The van der Waals surface area contributed by atoms with Crippen LogP contribution >= 0.6 is 23.2 Å². The highest BCUT2D eigenvalue weighted by Gasteiger charge is 2.05. The molecule has 6 heteroatoms. The number of alkyl carbamates (subject to hydrolysis) is 1. The molecule has 0 bridgehead atoms. The average Bonchev–Trinajstić information content (AvgIpc) is 2.55. The van der Waals surface area contributed by atoms with Crippen LogP contribution in [0.15, 0.2) is 48.5 Å². The van der Waals surface area contributed by atoms with Gasteiger partial charge in [0, 0.05) is 12.1 Å². The number of carbonyl (C=O) groups is 1. The van der Waals surface area contributed by atoms with Crippen molar-refractivity contribution in [2.75, 3.05) is 6.54 Å². The summed E-state index contributed by atoms with van der Waals surface area (Å²) in [6.45, 7) is 0.629. The highest BCUT2D eigenvalue weighted by molar-refractivity contribution is 6.37. The van der Waals surface area contributed by atoms with E-state index in [9.17, 15) is 9.18 Å². The number of carbonyl (C=O) groups excluding carboxylic acids is 1. The molecule has 0 aliphatic rings. The molecule has 0 heterocycles. The molecule has 0 spiro atoms. The maximum Gasteiger partial charge on any atom is 0.407 e. The van der Waals surface area contributed by atoms with E-state index in [4.69, 9.17) is 27.9 Å². The summed E-state index contributed by atoms with van der Waals surface area (Å²) < 4.78 is 18.2. The largest absolute Gasteiger partial charge is 0.445 e. The lowest BCUT2D eigenvalue weighted by atomic mass is 10.2. The number of ether oxygens (including phenoxy) is 1. The molecule has 0 radical (unpaired) electrons. The van der Waals surface area contributed by atoms with E-state index in [-0.39, 0.29) is 16.7 Å². The number of nitrogens with one attached hydrogen (secondary N) is 1. The Balaban J connectivity index is 1.72. The zero-order valence-electron chi connectivity index (χ0n) is 12.8. The van der Waals surface area contributed by atoms with Crippen molar-refractivity contribution in [3.8, 4) is 0 Å². The Morgan fingerprint density at radius 2 is 1.83 bits per heavy atom. The number of amides is 1. The minimum absolute atomic E-state index is 0.226. The van der Waals surface area contributed by atoms with Crippen molar-refractivity contribution in [2.45, 2.75) is 13.0 Å². The van der Waals surface area contributed by atoms with E-state index in [1.807, 2.05) is 30.3 Å². The Labute approximate surface area is 150 Å².